The van der Waals surface area contributed by atoms with Crippen LogP contribution in [0.1, 0.15) is 44.0 Å². The largest absolute Gasteiger partial charge is 0.490 e. The molecule has 2 rings (SSSR count). The van der Waals surface area contributed by atoms with E-state index >= 15 is 0 Å². The number of carbonyl (C=O) groups is 1. The van der Waals surface area contributed by atoms with E-state index in [1.807, 2.05) is 20.8 Å². The quantitative estimate of drug-likeness (QED) is 0.749. The zero-order valence-corrected chi connectivity index (χ0v) is 12.4. The van der Waals surface area contributed by atoms with Gasteiger partial charge in [-0.3, -0.25) is 4.79 Å². The molecule has 1 fully saturated rings. The van der Waals surface area contributed by atoms with E-state index in [0.717, 1.165) is 12.8 Å². The maximum Gasteiger partial charge on any atom is 0.194 e. The van der Waals surface area contributed by atoms with Crippen LogP contribution in [0.15, 0.2) is 18.2 Å². The summed E-state index contributed by atoms with van der Waals surface area (Å²) in [6, 6.07) is 5.33. The van der Waals surface area contributed by atoms with E-state index in [0.29, 0.717) is 36.9 Å². The van der Waals surface area contributed by atoms with Gasteiger partial charge in [0.05, 0.1) is 13.2 Å². The van der Waals surface area contributed by atoms with Crippen LogP contribution in [0.5, 0.6) is 11.5 Å². The van der Waals surface area contributed by atoms with Crippen LogP contribution >= 0.6 is 0 Å². The SMILES string of the molecule is CCOc1ccc(C(=O)C2(C)CCCO2)cc1OCC. The van der Waals surface area contributed by atoms with Crippen LogP contribution in [-0.2, 0) is 4.74 Å². The van der Waals surface area contributed by atoms with Crippen molar-refractivity contribution in [1.82, 2.24) is 0 Å². The van der Waals surface area contributed by atoms with Crippen molar-refractivity contribution in [3.63, 3.8) is 0 Å². The molecule has 110 valence electrons. The Balaban J connectivity index is 2.28. The van der Waals surface area contributed by atoms with E-state index in [4.69, 9.17) is 14.2 Å². The molecule has 0 saturated carbocycles. The van der Waals surface area contributed by atoms with E-state index in [2.05, 4.69) is 0 Å². The zero-order valence-electron chi connectivity index (χ0n) is 12.4. The molecule has 0 N–H and O–H groups in total. The lowest BCUT2D eigenvalue weighted by atomic mass is 9.92. The average Bonchev–Trinajstić information content (AvgIpc) is 2.89. The Hall–Kier alpha value is -1.55. The van der Waals surface area contributed by atoms with Crippen LogP contribution in [0.25, 0.3) is 0 Å². The number of hydrogen-bond donors (Lipinski definition) is 0. The van der Waals surface area contributed by atoms with Crippen molar-refractivity contribution >= 4 is 5.78 Å². The van der Waals surface area contributed by atoms with E-state index in [9.17, 15) is 4.79 Å². The molecule has 0 aromatic heterocycles. The Morgan fingerprint density at radius 2 is 1.95 bits per heavy atom. The summed E-state index contributed by atoms with van der Waals surface area (Å²) < 4.78 is 16.7. The van der Waals surface area contributed by atoms with Gasteiger partial charge in [-0.15, -0.1) is 0 Å². The van der Waals surface area contributed by atoms with E-state index in [-0.39, 0.29) is 5.78 Å². The number of benzene rings is 1. The minimum atomic E-state index is -0.698. The highest BCUT2D eigenvalue weighted by molar-refractivity contribution is 6.02. The molecule has 0 aliphatic carbocycles. The Bertz CT molecular complexity index is 475. The van der Waals surface area contributed by atoms with E-state index in [1.54, 1.807) is 18.2 Å². The highest BCUT2D eigenvalue weighted by Gasteiger charge is 2.38. The van der Waals surface area contributed by atoms with Gasteiger partial charge in [0, 0.05) is 12.2 Å². The molecule has 20 heavy (non-hydrogen) atoms. The van der Waals surface area contributed by atoms with Gasteiger partial charge in [-0.05, 0) is 51.8 Å². The summed E-state index contributed by atoms with van der Waals surface area (Å²) in [4.78, 5) is 12.6. The lowest BCUT2D eigenvalue weighted by Crippen LogP contribution is -2.34. The molecular formula is C16H22O4. The molecule has 0 radical (unpaired) electrons. The van der Waals surface area contributed by atoms with Crippen molar-refractivity contribution < 1.29 is 19.0 Å². The monoisotopic (exact) mass is 278 g/mol. The van der Waals surface area contributed by atoms with Crippen LogP contribution in [0.3, 0.4) is 0 Å². The third-order valence-electron chi connectivity index (χ3n) is 3.50. The maximum absolute atomic E-state index is 12.6. The fourth-order valence-electron chi connectivity index (χ4n) is 2.46. The molecule has 0 spiro atoms. The van der Waals surface area contributed by atoms with Gasteiger partial charge in [0.15, 0.2) is 17.3 Å². The lowest BCUT2D eigenvalue weighted by Gasteiger charge is -2.22. The Morgan fingerprint density at radius 3 is 2.55 bits per heavy atom. The Kier molecular flexibility index (Phi) is 4.65. The van der Waals surface area contributed by atoms with Crippen molar-refractivity contribution in [2.24, 2.45) is 0 Å². The summed E-state index contributed by atoms with van der Waals surface area (Å²) in [6.07, 6.45) is 1.70. The molecule has 0 bridgehead atoms. The molecule has 1 heterocycles. The van der Waals surface area contributed by atoms with Crippen molar-refractivity contribution in [3.05, 3.63) is 23.8 Å². The maximum atomic E-state index is 12.6. The summed E-state index contributed by atoms with van der Waals surface area (Å²) in [6.45, 7) is 7.43. The summed E-state index contributed by atoms with van der Waals surface area (Å²) >= 11 is 0. The van der Waals surface area contributed by atoms with E-state index in [1.165, 1.54) is 0 Å². The standard InChI is InChI=1S/C16H22O4/c1-4-18-13-8-7-12(11-14(13)19-5-2)15(17)16(3)9-6-10-20-16/h7-8,11H,4-6,9-10H2,1-3H3. The highest BCUT2D eigenvalue weighted by atomic mass is 16.5. The molecule has 1 saturated heterocycles. The number of ketones is 1. The normalized spacial score (nSPS) is 21.8. The number of hydrogen-bond acceptors (Lipinski definition) is 4. The second-order valence-corrected chi connectivity index (χ2v) is 5.04. The van der Waals surface area contributed by atoms with Crippen molar-refractivity contribution in [3.8, 4) is 11.5 Å². The molecule has 1 aliphatic rings. The third kappa shape index (κ3) is 2.96. The molecule has 1 aromatic rings. The van der Waals surface area contributed by atoms with E-state index < -0.39 is 5.60 Å². The smallest absolute Gasteiger partial charge is 0.194 e. The second kappa shape index (κ2) is 6.27. The van der Waals surface area contributed by atoms with Crippen LogP contribution in [0, 0.1) is 0 Å². The van der Waals surface area contributed by atoms with Crippen molar-refractivity contribution in [2.75, 3.05) is 19.8 Å². The predicted molar refractivity (Wildman–Crippen MR) is 76.7 cm³/mol. The van der Waals surface area contributed by atoms with Gasteiger partial charge in [0.1, 0.15) is 5.60 Å². The summed E-state index contributed by atoms with van der Waals surface area (Å²) in [7, 11) is 0. The van der Waals surface area contributed by atoms with Gasteiger partial charge < -0.3 is 14.2 Å². The fraction of sp³-hybridized carbons (Fsp3) is 0.562. The van der Waals surface area contributed by atoms with Gasteiger partial charge in [-0.25, -0.2) is 0 Å². The van der Waals surface area contributed by atoms with Gasteiger partial charge >= 0.3 is 0 Å². The highest BCUT2D eigenvalue weighted by Crippen LogP contribution is 2.33. The van der Waals surface area contributed by atoms with Crippen molar-refractivity contribution in [2.45, 2.75) is 39.2 Å². The fourth-order valence-corrected chi connectivity index (χ4v) is 2.46. The summed E-state index contributed by atoms with van der Waals surface area (Å²) in [5, 5.41) is 0. The average molecular weight is 278 g/mol. The van der Waals surface area contributed by atoms with Crippen LogP contribution < -0.4 is 9.47 Å². The van der Waals surface area contributed by atoms with Crippen molar-refractivity contribution in [1.29, 1.82) is 0 Å². The minimum absolute atomic E-state index is 0.0130. The molecule has 4 heteroatoms. The molecular weight excluding hydrogens is 256 g/mol. The predicted octanol–water partition coefficient (Wildman–Crippen LogP) is 3.24. The van der Waals surface area contributed by atoms with Gasteiger partial charge in [-0.1, -0.05) is 0 Å². The molecule has 1 unspecified atom stereocenters. The lowest BCUT2D eigenvalue weighted by molar-refractivity contribution is 0.0213. The molecule has 0 amide bonds. The first-order valence-corrected chi connectivity index (χ1v) is 7.19. The molecule has 1 aromatic carbocycles. The number of carbonyl (C=O) groups excluding carboxylic acids is 1. The first-order valence-electron chi connectivity index (χ1n) is 7.19. The first kappa shape index (κ1) is 14.9. The second-order valence-electron chi connectivity index (χ2n) is 5.04. The summed E-state index contributed by atoms with van der Waals surface area (Å²) in [5.74, 6) is 1.30. The summed E-state index contributed by atoms with van der Waals surface area (Å²) in [5.41, 5.74) is -0.0855. The minimum Gasteiger partial charge on any atom is -0.490 e. The number of Topliss-reactive ketones (excluding diaryl/α,β-unsaturated/α-hetero) is 1. The third-order valence-corrected chi connectivity index (χ3v) is 3.50. The molecule has 1 aliphatic heterocycles. The number of rotatable bonds is 6. The van der Waals surface area contributed by atoms with Crippen LogP contribution in [0.4, 0.5) is 0 Å². The Morgan fingerprint density at radius 1 is 1.25 bits per heavy atom. The number of ether oxygens (including phenoxy) is 3. The molecule has 4 nitrogen and oxygen atoms in total. The molecule has 1 atom stereocenters. The van der Waals surface area contributed by atoms with Crippen LogP contribution in [0.2, 0.25) is 0 Å². The van der Waals surface area contributed by atoms with Gasteiger partial charge in [0.25, 0.3) is 0 Å². The first-order chi connectivity index (χ1) is 9.60. The van der Waals surface area contributed by atoms with Gasteiger partial charge in [-0.2, -0.15) is 0 Å². The topological polar surface area (TPSA) is 44.8 Å². The van der Waals surface area contributed by atoms with Gasteiger partial charge in [0.2, 0.25) is 0 Å². The van der Waals surface area contributed by atoms with Crippen LogP contribution in [-0.4, -0.2) is 31.2 Å². The zero-order chi connectivity index (χ0) is 14.6. The Labute approximate surface area is 120 Å².